The number of sulfonamides is 1. The number of carbonyl (C=O) groups is 1. The highest BCUT2D eigenvalue weighted by Gasteiger charge is 2.29. The molecule has 2 heterocycles. The fraction of sp³-hybridized carbons (Fsp3) is 0.296. The fourth-order valence-electron chi connectivity index (χ4n) is 4.08. The van der Waals surface area contributed by atoms with Crippen LogP contribution >= 0.6 is 0 Å². The molecule has 0 aliphatic carbocycles. The van der Waals surface area contributed by atoms with E-state index in [1.807, 2.05) is 54.2 Å². The lowest BCUT2D eigenvalue weighted by atomic mass is 10.1. The van der Waals surface area contributed by atoms with Gasteiger partial charge in [0.25, 0.3) is 0 Å². The Hall–Kier alpha value is -3.40. The van der Waals surface area contributed by atoms with Gasteiger partial charge in [0.15, 0.2) is 0 Å². The normalized spacial score (nSPS) is 11.9. The van der Waals surface area contributed by atoms with Crippen molar-refractivity contribution < 1.29 is 22.4 Å². The minimum atomic E-state index is -3.93. The molecular weight excluding hydrogens is 478 g/mol. The second-order valence-corrected chi connectivity index (χ2v) is 10.6. The molecule has 0 bridgehead atoms. The number of furan rings is 1. The van der Waals surface area contributed by atoms with Gasteiger partial charge in [0, 0.05) is 39.2 Å². The standard InChI is InChI=1S/C27H31N3O5S/c1-28-14-5-10-24(28)19-29(20-25-11-6-17-35-25)27(31)21-30(15-7-16-34-2)36(32,33)26-13-12-22-8-3-4-9-23(22)18-26/h3-6,8-14,17-18H,7,15-16,19-21H2,1-2H3. The maximum Gasteiger partial charge on any atom is 0.243 e. The van der Waals surface area contributed by atoms with Gasteiger partial charge in [-0.15, -0.1) is 0 Å². The molecule has 0 unspecified atom stereocenters. The average Bonchev–Trinajstić information content (AvgIpc) is 3.54. The number of fused-ring (bicyclic) bond motifs is 1. The summed E-state index contributed by atoms with van der Waals surface area (Å²) < 4.78 is 41.2. The van der Waals surface area contributed by atoms with E-state index in [0.717, 1.165) is 16.5 Å². The monoisotopic (exact) mass is 509 g/mol. The largest absolute Gasteiger partial charge is 0.467 e. The van der Waals surface area contributed by atoms with E-state index in [9.17, 15) is 13.2 Å². The van der Waals surface area contributed by atoms with Crippen LogP contribution in [0.3, 0.4) is 0 Å². The molecule has 0 saturated carbocycles. The number of ether oxygens (including phenoxy) is 1. The summed E-state index contributed by atoms with van der Waals surface area (Å²) in [6.07, 6.45) is 3.93. The predicted octanol–water partition coefficient (Wildman–Crippen LogP) is 4.03. The number of hydrogen-bond acceptors (Lipinski definition) is 5. The molecule has 2 aromatic heterocycles. The van der Waals surface area contributed by atoms with Gasteiger partial charge in [-0.2, -0.15) is 4.31 Å². The molecule has 0 N–H and O–H groups in total. The van der Waals surface area contributed by atoms with Gasteiger partial charge in [-0.25, -0.2) is 8.42 Å². The summed E-state index contributed by atoms with van der Waals surface area (Å²) in [5.74, 6) is 0.315. The van der Waals surface area contributed by atoms with Crippen molar-refractivity contribution in [2.24, 2.45) is 7.05 Å². The summed E-state index contributed by atoms with van der Waals surface area (Å²) in [5.41, 5.74) is 0.929. The van der Waals surface area contributed by atoms with Crippen LogP contribution in [0.1, 0.15) is 17.9 Å². The van der Waals surface area contributed by atoms with Crippen LogP contribution in [0.25, 0.3) is 10.8 Å². The predicted molar refractivity (Wildman–Crippen MR) is 138 cm³/mol. The smallest absolute Gasteiger partial charge is 0.243 e. The fourth-order valence-corrected chi connectivity index (χ4v) is 5.54. The number of aromatic nitrogens is 1. The van der Waals surface area contributed by atoms with Gasteiger partial charge in [-0.05, 0) is 53.6 Å². The van der Waals surface area contributed by atoms with E-state index < -0.39 is 10.0 Å². The summed E-state index contributed by atoms with van der Waals surface area (Å²) in [7, 11) is -0.456. The van der Waals surface area contributed by atoms with E-state index in [0.29, 0.717) is 25.3 Å². The van der Waals surface area contributed by atoms with Crippen molar-refractivity contribution in [3.8, 4) is 0 Å². The van der Waals surface area contributed by atoms with E-state index in [-0.39, 0.29) is 30.4 Å². The minimum Gasteiger partial charge on any atom is -0.467 e. The summed E-state index contributed by atoms with van der Waals surface area (Å²) in [6.45, 7) is 0.818. The van der Waals surface area contributed by atoms with Gasteiger partial charge in [0.1, 0.15) is 5.76 Å². The molecule has 0 aliphatic rings. The van der Waals surface area contributed by atoms with Crippen LogP contribution in [0.5, 0.6) is 0 Å². The van der Waals surface area contributed by atoms with Crippen LogP contribution in [0.2, 0.25) is 0 Å². The molecule has 0 radical (unpaired) electrons. The van der Waals surface area contributed by atoms with Gasteiger partial charge in [-0.1, -0.05) is 30.3 Å². The second-order valence-electron chi connectivity index (χ2n) is 8.63. The molecule has 0 saturated heterocycles. The Morgan fingerprint density at radius 1 is 1.00 bits per heavy atom. The minimum absolute atomic E-state index is 0.159. The van der Waals surface area contributed by atoms with Crippen molar-refractivity contribution in [2.45, 2.75) is 24.4 Å². The SMILES string of the molecule is COCCCN(CC(=O)N(Cc1ccco1)Cc1cccn1C)S(=O)(=O)c1ccc2ccccc2c1. The number of methoxy groups -OCH3 is 1. The first kappa shape index (κ1) is 25.7. The molecule has 0 fully saturated rings. The lowest BCUT2D eigenvalue weighted by Crippen LogP contribution is -2.43. The first-order chi connectivity index (χ1) is 17.4. The first-order valence-corrected chi connectivity index (χ1v) is 13.2. The van der Waals surface area contributed by atoms with Crippen molar-refractivity contribution in [2.75, 3.05) is 26.8 Å². The molecule has 9 heteroatoms. The number of amides is 1. The molecule has 8 nitrogen and oxygen atoms in total. The first-order valence-electron chi connectivity index (χ1n) is 11.8. The number of aryl methyl sites for hydroxylation is 1. The molecular formula is C27H31N3O5S. The van der Waals surface area contributed by atoms with Crippen molar-refractivity contribution in [3.63, 3.8) is 0 Å². The number of hydrogen-bond donors (Lipinski definition) is 0. The zero-order valence-corrected chi connectivity index (χ0v) is 21.4. The van der Waals surface area contributed by atoms with Crippen LogP contribution in [0, 0.1) is 0 Å². The Balaban J connectivity index is 1.61. The van der Waals surface area contributed by atoms with Crippen molar-refractivity contribution >= 4 is 26.7 Å². The Bertz CT molecular complexity index is 1400. The average molecular weight is 510 g/mol. The number of rotatable bonds is 12. The van der Waals surface area contributed by atoms with Crippen molar-refractivity contribution in [3.05, 3.63) is 90.6 Å². The molecule has 1 amide bonds. The van der Waals surface area contributed by atoms with E-state index in [4.69, 9.17) is 9.15 Å². The Morgan fingerprint density at radius 3 is 2.50 bits per heavy atom. The van der Waals surface area contributed by atoms with Gasteiger partial charge >= 0.3 is 0 Å². The van der Waals surface area contributed by atoms with Crippen LogP contribution in [0.4, 0.5) is 0 Å². The van der Waals surface area contributed by atoms with E-state index >= 15 is 0 Å². The van der Waals surface area contributed by atoms with Crippen LogP contribution in [-0.4, -0.2) is 54.9 Å². The molecule has 4 rings (SSSR count). The maximum absolute atomic E-state index is 13.7. The third-order valence-electron chi connectivity index (χ3n) is 6.11. The number of nitrogens with zero attached hydrogens (tertiary/aromatic N) is 3. The molecule has 0 atom stereocenters. The van der Waals surface area contributed by atoms with E-state index in [2.05, 4.69) is 0 Å². The zero-order valence-electron chi connectivity index (χ0n) is 20.5. The number of carbonyl (C=O) groups excluding carboxylic acids is 1. The maximum atomic E-state index is 13.7. The van der Waals surface area contributed by atoms with Crippen molar-refractivity contribution in [1.29, 1.82) is 0 Å². The molecule has 4 aromatic rings. The molecule has 36 heavy (non-hydrogen) atoms. The van der Waals surface area contributed by atoms with Crippen LogP contribution in [-0.2, 0) is 39.7 Å². The second kappa shape index (κ2) is 11.6. The van der Waals surface area contributed by atoms with Crippen molar-refractivity contribution in [1.82, 2.24) is 13.8 Å². The molecule has 0 spiro atoms. The Kier molecular flexibility index (Phi) is 8.25. The third kappa shape index (κ3) is 6.04. The summed E-state index contributed by atoms with van der Waals surface area (Å²) in [4.78, 5) is 15.4. The molecule has 0 aliphatic heterocycles. The molecule has 190 valence electrons. The highest BCUT2D eigenvalue weighted by atomic mass is 32.2. The quantitative estimate of drug-likeness (QED) is 0.269. The Morgan fingerprint density at radius 2 is 1.81 bits per heavy atom. The topological polar surface area (TPSA) is 85.0 Å². The lowest BCUT2D eigenvalue weighted by Gasteiger charge is -2.27. The molecule has 2 aromatic carbocycles. The third-order valence-corrected chi connectivity index (χ3v) is 7.95. The van der Waals surface area contributed by atoms with Crippen LogP contribution < -0.4 is 0 Å². The highest BCUT2D eigenvalue weighted by Crippen LogP contribution is 2.23. The van der Waals surface area contributed by atoms with Crippen LogP contribution in [0.15, 0.2) is 88.5 Å². The summed E-state index contributed by atoms with van der Waals surface area (Å²) in [6, 6.07) is 20.0. The summed E-state index contributed by atoms with van der Waals surface area (Å²) in [5, 5.41) is 1.77. The lowest BCUT2D eigenvalue weighted by molar-refractivity contribution is -0.133. The van der Waals surface area contributed by atoms with Gasteiger partial charge in [0.05, 0.1) is 30.8 Å². The Labute approximate surface area is 211 Å². The van der Waals surface area contributed by atoms with Gasteiger partial charge < -0.3 is 18.6 Å². The zero-order chi connectivity index (χ0) is 25.5. The summed E-state index contributed by atoms with van der Waals surface area (Å²) >= 11 is 0. The van der Waals surface area contributed by atoms with Gasteiger partial charge in [-0.3, -0.25) is 4.79 Å². The van der Waals surface area contributed by atoms with Gasteiger partial charge in [0.2, 0.25) is 15.9 Å². The highest BCUT2D eigenvalue weighted by molar-refractivity contribution is 7.89. The number of benzene rings is 2. The van der Waals surface area contributed by atoms with E-state index in [1.54, 1.807) is 48.6 Å². The van der Waals surface area contributed by atoms with E-state index in [1.165, 1.54) is 4.31 Å².